The van der Waals surface area contributed by atoms with Crippen molar-refractivity contribution in [2.45, 2.75) is 49.9 Å². The highest BCUT2D eigenvalue weighted by Gasteiger charge is 2.43. The van der Waals surface area contributed by atoms with E-state index in [2.05, 4.69) is 16.8 Å². The van der Waals surface area contributed by atoms with Gasteiger partial charge in [-0.1, -0.05) is 0 Å². The maximum absolute atomic E-state index is 11.3. The van der Waals surface area contributed by atoms with Crippen LogP contribution in [-0.2, 0) is 9.53 Å². The molecule has 3 saturated heterocycles. The Kier molecular flexibility index (Phi) is 3.30. The van der Waals surface area contributed by atoms with E-state index in [1.807, 2.05) is 0 Å². The van der Waals surface area contributed by atoms with E-state index in [-0.39, 0.29) is 0 Å². The van der Waals surface area contributed by atoms with E-state index in [1.54, 1.807) is 0 Å². The van der Waals surface area contributed by atoms with Crippen LogP contribution in [0.3, 0.4) is 0 Å². The van der Waals surface area contributed by atoms with Gasteiger partial charge >= 0.3 is 5.97 Å². The minimum atomic E-state index is -0.735. The Balaban J connectivity index is 1.72. The number of hydrogen-bond acceptors (Lipinski definition) is 4. The smallest absolute Gasteiger partial charge is 0.323 e. The molecule has 3 rings (SSSR count). The van der Waals surface area contributed by atoms with Crippen molar-refractivity contribution in [1.29, 1.82) is 0 Å². The fourth-order valence-electron chi connectivity index (χ4n) is 3.92. The van der Waals surface area contributed by atoms with Crippen LogP contribution in [0.2, 0.25) is 0 Å². The zero-order valence-corrected chi connectivity index (χ0v) is 10.9. The summed E-state index contributed by atoms with van der Waals surface area (Å²) in [6.07, 6.45) is 4.80. The number of morpholine rings is 1. The molecule has 0 aromatic heterocycles. The predicted octanol–water partition coefficient (Wildman–Crippen LogP) is 0.397. The Morgan fingerprint density at radius 2 is 1.89 bits per heavy atom. The van der Waals surface area contributed by atoms with Gasteiger partial charge in [0.1, 0.15) is 6.04 Å². The highest BCUT2D eigenvalue weighted by molar-refractivity contribution is 5.73. The molecule has 1 N–H and O–H groups in total. The lowest BCUT2D eigenvalue weighted by atomic mass is 9.95. The van der Waals surface area contributed by atoms with Gasteiger partial charge in [0.05, 0.1) is 13.2 Å². The zero-order valence-electron chi connectivity index (χ0n) is 10.9. The molecule has 5 nitrogen and oxygen atoms in total. The van der Waals surface area contributed by atoms with Gasteiger partial charge in [-0.2, -0.15) is 0 Å². The van der Waals surface area contributed by atoms with Gasteiger partial charge in [0.25, 0.3) is 0 Å². The molecule has 18 heavy (non-hydrogen) atoms. The molecule has 0 radical (unpaired) electrons. The lowest BCUT2D eigenvalue weighted by molar-refractivity contribution is -0.153. The molecule has 3 atom stereocenters. The first kappa shape index (κ1) is 12.4. The van der Waals surface area contributed by atoms with Gasteiger partial charge in [-0.3, -0.25) is 9.69 Å². The second-order valence-corrected chi connectivity index (χ2v) is 5.84. The van der Waals surface area contributed by atoms with Gasteiger partial charge < -0.3 is 14.7 Å². The molecule has 0 aromatic rings. The SMILES string of the molecule is CN1C2CCC1CC(N1CCOCC1C(=O)O)C2. The van der Waals surface area contributed by atoms with E-state index >= 15 is 0 Å². The molecule has 3 heterocycles. The number of fused-ring (bicyclic) bond motifs is 2. The van der Waals surface area contributed by atoms with Crippen molar-refractivity contribution in [3.05, 3.63) is 0 Å². The first-order chi connectivity index (χ1) is 8.66. The van der Waals surface area contributed by atoms with Crippen LogP contribution in [0.1, 0.15) is 25.7 Å². The minimum absolute atomic E-state index is 0.344. The van der Waals surface area contributed by atoms with E-state index in [0.29, 0.717) is 31.3 Å². The summed E-state index contributed by atoms with van der Waals surface area (Å²) in [7, 11) is 2.21. The Morgan fingerprint density at radius 3 is 2.50 bits per heavy atom. The van der Waals surface area contributed by atoms with Gasteiger partial charge in [0.15, 0.2) is 0 Å². The third kappa shape index (κ3) is 2.04. The number of aliphatic carboxylic acids is 1. The van der Waals surface area contributed by atoms with Crippen LogP contribution in [0.15, 0.2) is 0 Å². The number of rotatable bonds is 2. The van der Waals surface area contributed by atoms with E-state index in [9.17, 15) is 9.90 Å². The molecule has 0 aliphatic carbocycles. The molecule has 0 spiro atoms. The highest BCUT2D eigenvalue weighted by Crippen LogP contribution is 2.37. The number of nitrogens with zero attached hydrogens (tertiary/aromatic N) is 2. The van der Waals surface area contributed by atoms with Crippen LogP contribution in [0.25, 0.3) is 0 Å². The van der Waals surface area contributed by atoms with Crippen molar-refractivity contribution in [1.82, 2.24) is 9.80 Å². The molecule has 0 saturated carbocycles. The molecule has 0 amide bonds. The van der Waals surface area contributed by atoms with Crippen molar-refractivity contribution >= 4 is 5.97 Å². The standard InChI is InChI=1S/C13H22N2O3/c1-14-9-2-3-10(14)7-11(6-9)15-4-5-18-8-12(15)13(16)17/h9-12H,2-8H2,1H3,(H,16,17). The third-order valence-corrected chi connectivity index (χ3v) is 5.00. The Morgan fingerprint density at radius 1 is 1.22 bits per heavy atom. The summed E-state index contributed by atoms with van der Waals surface area (Å²) in [4.78, 5) is 16.0. The molecule has 2 bridgehead atoms. The van der Waals surface area contributed by atoms with Crippen molar-refractivity contribution in [3.8, 4) is 0 Å². The van der Waals surface area contributed by atoms with E-state index in [1.165, 1.54) is 12.8 Å². The molecular formula is C13H22N2O3. The Bertz CT molecular complexity index is 322. The summed E-state index contributed by atoms with van der Waals surface area (Å²) in [5.41, 5.74) is 0. The Hall–Kier alpha value is -0.650. The van der Waals surface area contributed by atoms with Crippen molar-refractivity contribution in [2.24, 2.45) is 0 Å². The Labute approximate surface area is 108 Å². The lowest BCUT2D eigenvalue weighted by Crippen LogP contribution is -2.58. The lowest BCUT2D eigenvalue weighted by Gasteiger charge is -2.45. The summed E-state index contributed by atoms with van der Waals surface area (Å²) in [5.74, 6) is -0.735. The van der Waals surface area contributed by atoms with Crippen LogP contribution in [0.4, 0.5) is 0 Å². The van der Waals surface area contributed by atoms with E-state index in [0.717, 1.165) is 19.4 Å². The molecule has 5 heteroatoms. The van der Waals surface area contributed by atoms with E-state index in [4.69, 9.17) is 4.74 Å². The van der Waals surface area contributed by atoms with Crippen LogP contribution in [0.5, 0.6) is 0 Å². The second kappa shape index (κ2) is 4.79. The monoisotopic (exact) mass is 254 g/mol. The topological polar surface area (TPSA) is 53.0 Å². The molecule has 3 unspecified atom stereocenters. The van der Waals surface area contributed by atoms with Crippen molar-refractivity contribution in [3.63, 3.8) is 0 Å². The number of carboxylic acid groups (broad SMARTS) is 1. The van der Waals surface area contributed by atoms with Gasteiger partial charge in [0, 0.05) is 24.7 Å². The first-order valence-corrected chi connectivity index (χ1v) is 6.95. The van der Waals surface area contributed by atoms with E-state index < -0.39 is 12.0 Å². The number of carboxylic acids is 1. The van der Waals surface area contributed by atoms with Crippen molar-refractivity contribution in [2.75, 3.05) is 26.8 Å². The zero-order chi connectivity index (χ0) is 12.7. The van der Waals surface area contributed by atoms with Gasteiger partial charge in [0.2, 0.25) is 0 Å². The highest BCUT2D eigenvalue weighted by atomic mass is 16.5. The summed E-state index contributed by atoms with van der Waals surface area (Å²) in [6.45, 7) is 1.78. The average Bonchev–Trinajstić information content (AvgIpc) is 2.61. The molecule has 3 aliphatic heterocycles. The number of hydrogen-bond donors (Lipinski definition) is 1. The van der Waals surface area contributed by atoms with Crippen LogP contribution < -0.4 is 0 Å². The fraction of sp³-hybridized carbons (Fsp3) is 0.923. The fourth-order valence-corrected chi connectivity index (χ4v) is 3.92. The van der Waals surface area contributed by atoms with Crippen molar-refractivity contribution < 1.29 is 14.6 Å². The van der Waals surface area contributed by atoms with Crippen LogP contribution >= 0.6 is 0 Å². The largest absolute Gasteiger partial charge is 0.480 e. The first-order valence-electron chi connectivity index (χ1n) is 6.95. The molecule has 3 aliphatic rings. The molecule has 102 valence electrons. The van der Waals surface area contributed by atoms with Crippen LogP contribution in [-0.4, -0.2) is 71.8 Å². The summed E-state index contributed by atoms with van der Waals surface area (Å²) >= 11 is 0. The summed E-state index contributed by atoms with van der Waals surface area (Å²) in [6, 6.07) is 1.31. The van der Waals surface area contributed by atoms with Gasteiger partial charge in [-0.05, 0) is 32.7 Å². The quantitative estimate of drug-likeness (QED) is 0.773. The second-order valence-electron chi connectivity index (χ2n) is 5.84. The van der Waals surface area contributed by atoms with Gasteiger partial charge in [-0.15, -0.1) is 0 Å². The number of piperidine rings is 1. The molecular weight excluding hydrogens is 232 g/mol. The summed E-state index contributed by atoms with van der Waals surface area (Å²) in [5, 5.41) is 9.31. The number of carbonyl (C=O) groups is 1. The third-order valence-electron chi connectivity index (χ3n) is 5.00. The molecule has 3 fully saturated rings. The predicted molar refractivity (Wildman–Crippen MR) is 66.5 cm³/mol. The van der Waals surface area contributed by atoms with Crippen LogP contribution in [0, 0.1) is 0 Å². The average molecular weight is 254 g/mol. The normalized spacial score (nSPS) is 42.1. The maximum atomic E-state index is 11.3. The minimum Gasteiger partial charge on any atom is -0.480 e. The maximum Gasteiger partial charge on any atom is 0.323 e. The van der Waals surface area contributed by atoms with Gasteiger partial charge in [-0.25, -0.2) is 0 Å². The number of ether oxygens (including phenoxy) is 1. The molecule has 0 aromatic carbocycles. The summed E-state index contributed by atoms with van der Waals surface area (Å²) < 4.78 is 5.32.